The van der Waals surface area contributed by atoms with Gasteiger partial charge >= 0.3 is 0 Å². The van der Waals surface area contributed by atoms with Gasteiger partial charge in [0.1, 0.15) is 11.6 Å². The fourth-order valence-corrected chi connectivity index (χ4v) is 5.14. The summed E-state index contributed by atoms with van der Waals surface area (Å²) < 4.78 is 21.1. The molecule has 0 aliphatic carbocycles. The quantitative estimate of drug-likeness (QED) is 0.299. The molecule has 1 aliphatic heterocycles. The highest BCUT2D eigenvalue weighted by molar-refractivity contribution is 6.33. The van der Waals surface area contributed by atoms with Crippen LogP contribution >= 0.6 is 11.6 Å². The van der Waals surface area contributed by atoms with Gasteiger partial charge in [-0.1, -0.05) is 29.8 Å². The lowest BCUT2D eigenvalue weighted by Crippen LogP contribution is -2.44. The first kappa shape index (κ1) is 27.7. The van der Waals surface area contributed by atoms with E-state index in [-0.39, 0.29) is 18.1 Å². The number of amides is 1. The number of methoxy groups -OCH3 is 1. The number of hydrogen-bond donors (Lipinski definition) is 1. The zero-order valence-corrected chi connectivity index (χ0v) is 23.5. The van der Waals surface area contributed by atoms with Gasteiger partial charge in [0, 0.05) is 51.1 Å². The van der Waals surface area contributed by atoms with Gasteiger partial charge in [0.2, 0.25) is 5.91 Å². The Labute approximate surface area is 239 Å². The topological polar surface area (TPSA) is 62.6 Å². The monoisotopic (exact) mass is 561 g/mol. The van der Waals surface area contributed by atoms with Crippen LogP contribution in [-0.2, 0) is 17.8 Å². The number of benzene rings is 3. The number of hydrogen-bond acceptors (Lipinski definition) is 5. The second-order valence-electron chi connectivity index (χ2n) is 9.99. The Bertz CT molecular complexity index is 1470. The van der Waals surface area contributed by atoms with Crippen LogP contribution in [0.4, 0.5) is 10.1 Å². The molecule has 2 heterocycles. The lowest BCUT2D eigenvalue weighted by molar-refractivity contribution is -0.121. The summed E-state index contributed by atoms with van der Waals surface area (Å²) in [6.07, 6.45) is 0.718. The zero-order chi connectivity index (χ0) is 28.1. The third kappa shape index (κ3) is 6.63. The summed E-state index contributed by atoms with van der Waals surface area (Å²) in [5.41, 5.74) is 4.99. The maximum absolute atomic E-state index is 14.0. The van der Waals surface area contributed by atoms with Crippen LogP contribution < -0.4 is 15.0 Å². The fraction of sp³-hybridized carbons (Fsp3) is 0.290. The highest BCUT2D eigenvalue weighted by Gasteiger charge is 2.17. The molecule has 3 aromatic carbocycles. The molecular weight excluding hydrogens is 529 g/mol. The SMILES string of the molecule is COc1ccc(-n2nc(CCC(=O)NCc3ccc(N4CCN(C)CC4)c(Cl)c3)cc2-c2cccc(F)c2)cc1. The molecule has 208 valence electrons. The Morgan fingerprint density at radius 1 is 1.02 bits per heavy atom. The van der Waals surface area contributed by atoms with Crippen LogP contribution in [0, 0.1) is 5.82 Å². The van der Waals surface area contributed by atoms with Crippen molar-refractivity contribution in [3.8, 4) is 22.7 Å². The van der Waals surface area contributed by atoms with E-state index in [1.807, 2.05) is 54.6 Å². The fourth-order valence-electron chi connectivity index (χ4n) is 4.82. The number of aryl methyl sites for hydroxylation is 1. The first-order valence-electron chi connectivity index (χ1n) is 13.4. The highest BCUT2D eigenvalue weighted by Crippen LogP contribution is 2.28. The minimum Gasteiger partial charge on any atom is -0.497 e. The summed E-state index contributed by atoms with van der Waals surface area (Å²) >= 11 is 6.59. The molecule has 1 amide bonds. The minimum absolute atomic E-state index is 0.0782. The van der Waals surface area contributed by atoms with Crippen LogP contribution in [0.2, 0.25) is 5.02 Å². The molecule has 7 nitrogen and oxygen atoms in total. The molecule has 0 radical (unpaired) electrons. The highest BCUT2D eigenvalue weighted by atomic mass is 35.5. The van der Waals surface area contributed by atoms with Gasteiger partial charge in [-0.05, 0) is 67.2 Å². The van der Waals surface area contributed by atoms with Crippen molar-refractivity contribution in [3.63, 3.8) is 0 Å². The van der Waals surface area contributed by atoms with E-state index < -0.39 is 0 Å². The molecular formula is C31H33ClFN5O2. The molecule has 1 fully saturated rings. The summed E-state index contributed by atoms with van der Waals surface area (Å²) in [7, 11) is 3.74. The number of nitrogens with zero attached hydrogens (tertiary/aromatic N) is 4. The molecule has 0 spiro atoms. The summed E-state index contributed by atoms with van der Waals surface area (Å²) in [5.74, 6) is 0.332. The van der Waals surface area contributed by atoms with Crippen molar-refractivity contribution in [2.75, 3.05) is 45.2 Å². The number of piperazine rings is 1. The number of likely N-dealkylation sites (N-methyl/N-ethyl adjacent to an activating group) is 1. The molecule has 1 aliphatic rings. The molecule has 40 heavy (non-hydrogen) atoms. The van der Waals surface area contributed by atoms with E-state index in [0.29, 0.717) is 23.6 Å². The number of rotatable bonds is 9. The second-order valence-corrected chi connectivity index (χ2v) is 10.4. The van der Waals surface area contributed by atoms with Crippen LogP contribution in [0.3, 0.4) is 0 Å². The number of nitrogens with one attached hydrogen (secondary N) is 1. The average Bonchev–Trinajstić information content (AvgIpc) is 3.40. The normalized spacial score (nSPS) is 13.8. The lowest BCUT2D eigenvalue weighted by Gasteiger charge is -2.34. The van der Waals surface area contributed by atoms with Gasteiger partial charge in [-0.15, -0.1) is 0 Å². The van der Waals surface area contributed by atoms with Gasteiger partial charge in [-0.2, -0.15) is 5.10 Å². The molecule has 1 saturated heterocycles. The number of anilines is 1. The Morgan fingerprint density at radius 3 is 2.50 bits per heavy atom. The van der Waals surface area contributed by atoms with Crippen LogP contribution in [-0.4, -0.2) is 60.9 Å². The average molecular weight is 562 g/mol. The van der Waals surface area contributed by atoms with E-state index >= 15 is 0 Å². The van der Waals surface area contributed by atoms with E-state index in [2.05, 4.69) is 22.2 Å². The van der Waals surface area contributed by atoms with Crippen molar-refractivity contribution >= 4 is 23.2 Å². The van der Waals surface area contributed by atoms with Crippen molar-refractivity contribution < 1.29 is 13.9 Å². The number of ether oxygens (including phenoxy) is 1. The largest absolute Gasteiger partial charge is 0.497 e. The Kier molecular flexibility index (Phi) is 8.67. The van der Waals surface area contributed by atoms with Crippen molar-refractivity contribution in [2.45, 2.75) is 19.4 Å². The molecule has 0 unspecified atom stereocenters. The molecule has 1 aromatic heterocycles. The van der Waals surface area contributed by atoms with Crippen molar-refractivity contribution in [1.29, 1.82) is 0 Å². The van der Waals surface area contributed by atoms with Crippen molar-refractivity contribution in [2.24, 2.45) is 0 Å². The summed E-state index contributed by atoms with van der Waals surface area (Å²) in [4.78, 5) is 17.3. The van der Waals surface area contributed by atoms with Gasteiger partial charge in [0.05, 0.1) is 34.9 Å². The second kappa shape index (κ2) is 12.5. The number of aromatic nitrogens is 2. The standard InChI is InChI=1S/C31H33ClFN5O2/c1-36-14-16-37(17-15-36)29-12-6-22(18-28(29)32)21-34-31(39)13-7-25-20-30(23-4-3-5-24(33)19-23)38(35-25)26-8-10-27(40-2)11-9-26/h3-6,8-12,18-20H,7,13-17,21H2,1-2H3,(H,34,39). The van der Waals surface area contributed by atoms with Crippen LogP contribution in [0.5, 0.6) is 5.75 Å². The molecule has 5 rings (SSSR count). The Morgan fingerprint density at radius 2 is 1.80 bits per heavy atom. The van der Waals surface area contributed by atoms with E-state index in [4.69, 9.17) is 21.4 Å². The first-order valence-corrected chi connectivity index (χ1v) is 13.8. The van der Waals surface area contributed by atoms with Crippen LogP contribution in [0.15, 0.2) is 72.8 Å². The lowest BCUT2D eigenvalue weighted by atomic mass is 10.1. The van der Waals surface area contributed by atoms with Gasteiger partial charge in [0.25, 0.3) is 0 Å². The molecule has 1 N–H and O–H groups in total. The smallest absolute Gasteiger partial charge is 0.220 e. The van der Waals surface area contributed by atoms with Crippen LogP contribution in [0.1, 0.15) is 17.7 Å². The van der Waals surface area contributed by atoms with E-state index in [1.165, 1.54) is 12.1 Å². The molecule has 0 saturated carbocycles. The van der Waals surface area contributed by atoms with Gasteiger partial charge in [0.15, 0.2) is 0 Å². The van der Waals surface area contributed by atoms with Gasteiger partial charge in [-0.3, -0.25) is 4.79 Å². The zero-order valence-electron chi connectivity index (χ0n) is 22.7. The number of carbonyl (C=O) groups is 1. The molecule has 4 aromatic rings. The summed E-state index contributed by atoms with van der Waals surface area (Å²) in [6, 6.07) is 21.8. The summed E-state index contributed by atoms with van der Waals surface area (Å²) in [5, 5.41) is 8.44. The minimum atomic E-state index is -0.322. The predicted molar refractivity (Wildman–Crippen MR) is 157 cm³/mol. The molecule has 0 bridgehead atoms. The number of carbonyl (C=O) groups excluding carboxylic acids is 1. The van der Waals surface area contributed by atoms with Gasteiger partial charge in [-0.25, -0.2) is 9.07 Å². The Hall–Kier alpha value is -3.88. The van der Waals surface area contributed by atoms with E-state index in [1.54, 1.807) is 17.9 Å². The third-order valence-electron chi connectivity index (χ3n) is 7.15. The first-order chi connectivity index (χ1) is 19.4. The maximum Gasteiger partial charge on any atom is 0.220 e. The molecule has 0 atom stereocenters. The van der Waals surface area contributed by atoms with Crippen molar-refractivity contribution in [1.82, 2.24) is 20.0 Å². The van der Waals surface area contributed by atoms with E-state index in [9.17, 15) is 9.18 Å². The van der Waals surface area contributed by atoms with Crippen molar-refractivity contribution in [3.05, 3.63) is 94.9 Å². The van der Waals surface area contributed by atoms with E-state index in [0.717, 1.165) is 60.3 Å². The number of halogens is 2. The third-order valence-corrected chi connectivity index (χ3v) is 7.45. The van der Waals surface area contributed by atoms with Gasteiger partial charge < -0.3 is 19.9 Å². The molecule has 9 heteroatoms. The predicted octanol–water partition coefficient (Wildman–Crippen LogP) is 5.34. The Balaban J connectivity index is 1.23. The summed E-state index contributed by atoms with van der Waals surface area (Å²) in [6.45, 7) is 4.31. The van der Waals surface area contributed by atoms with Crippen LogP contribution in [0.25, 0.3) is 16.9 Å². The maximum atomic E-state index is 14.0.